The van der Waals surface area contributed by atoms with Gasteiger partial charge >= 0.3 is 0 Å². The Balaban J connectivity index is 1.37. The Morgan fingerprint density at radius 1 is 1.13 bits per heavy atom. The van der Waals surface area contributed by atoms with Crippen molar-refractivity contribution in [3.63, 3.8) is 0 Å². The average Bonchev–Trinajstić information content (AvgIpc) is 3.32. The van der Waals surface area contributed by atoms with Crippen LogP contribution < -0.4 is 9.62 Å². The lowest BCUT2D eigenvalue weighted by atomic mass is 9.83. The minimum atomic E-state index is -3.30. The number of sulfonamides is 1. The molecule has 1 saturated carbocycles. The van der Waals surface area contributed by atoms with Crippen molar-refractivity contribution in [1.29, 1.82) is 0 Å². The Bertz CT molecular complexity index is 925. The van der Waals surface area contributed by atoms with Gasteiger partial charge in [-0.15, -0.1) is 5.10 Å². The summed E-state index contributed by atoms with van der Waals surface area (Å²) in [6.07, 6.45) is 8.31. The van der Waals surface area contributed by atoms with Gasteiger partial charge < -0.3 is 9.64 Å². The molecule has 2 atom stereocenters. The van der Waals surface area contributed by atoms with E-state index in [2.05, 4.69) is 50.3 Å². The lowest BCUT2D eigenvalue weighted by Crippen LogP contribution is -2.48. The van der Waals surface area contributed by atoms with Crippen LogP contribution in [0.4, 0.5) is 5.82 Å². The first-order valence-electron chi connectivity index (χ1n) is 10.7. The molecule has 0 amide bonds. The summed E-state index contributed by atoms with van der Waals surface area (Å²) in [5.41, 5.74) is 1.41. The molecule has 4 rings (SSSR count). The summed E-state index contributed by atoms with van der Waals surface area (Å²) in [4.78, 5) is 2.12. The minimum Gasteiger partial charge on any atom is -0.376 e. The van der Waals surface area contributed by atoms with Crippen molar-refractivity contribution >= 4 is 15.8 Å². The molecule has 2 heterocycles. The second-order valence-corrected chi connectivity index (χ2v) is 10.3. The van der Waals surface area contributed by atoms with Crippen LogP contribution in [0.2, 0.25) is 0 Å². The second kappa shape index (κ2) is 9.03. The number of hydrogen-bond acceptors (Lipinski definition) is 6. The highest BCUT2D eigenvalue weighted by Crippen LogP contribution is 2.34. The number of hydrogen-bond donors (Lipinski definition) is 1. The molecule has 2 unspecified atom stereocenters. The zero-order chi connectivity index (χ0) is 21.1. The maximum Gasteiger partial charge on any atom is 0.209 e. The molecule has 2 fully saturated rings. The molecule has 1 aliphatic carbocycles. The molecule has 1 N–H and O–H groups in total. The first-order valence-corrected chi connectivity index (χ1v) is 12.5. The third-order valence-corrected chi connectivity index (χ3v) is 6.97. The van der Waals surface area contributed by atoms with Gasteiger partial charge in [-0.3, -0.25) is 4.68 Å². The van der Waals surface area contributed by atoms with Crippen molar-refractivity contribution in [1.82, 2.24) is 19.7 Å². The highest BCUT2D eigenvalue weighted by molar-refractivity contribution is 7.88. The van der Waals surface area contributed by atoms with E-state index in [1.807, 2.05) is 13.2 Å². The maximum absolute atomic E-state index is 11.9. The average molecular weight is 434 g/mol. The van der Waals surface area contributed by atoms with E-state index in [0.29, 0.717) is 12.5 Å². The summed E-state index contributed by atoms with van der Waals surface area (Å²) in [6, 6.07) is 10.4. The number of nitrogens with zero attached hydrogens (tertiary/aromatic N) is 4. The molecule has 164 valence electrons. The largest absolute Gasteiger partial charge is 0.376 e. The van der Waals surface area contributed by atoms with Gasteiger partial charge in [0.2, 0.25) is 10.0 Å². The van der Waals surface area contributed by atoms with Gasteiger partial charge in [0.05, 0.1) is 31.2 Å². The van der Waals surface area contributed by atoms with Gasteiger partial charge in [0.15, 0.2) is 5.82 Å². The number of aryl methyl sites for hydroxylation is 1. The van der Waals surface area contributed by atoms with Gasteiger partial charge in [0.25, 0.3) is 0 Å². The van der Waals surface area contributed by atoms with Crippen LogP contribution in [0.25, 0.3) is 0 Å². The van der Waals surface area contributed by atoms with E-state index in [9.17, 15) is 8.42 Å². The SMILES string of the molecule is Cn1cc(N2CCC(NS(C)(=O)=O)C2COC2CCC(c3ccccc3)CC2)nn1. The molecule has 2 aliphatic rings. The molecule has 1 saturated heterocycles. The van der Waals surface area contributed by atoms with Gasteiger partial charge in [-0.25, -0.2) is 13.1 Å². The van der Waals surface area contributed by atoms with Crippen LogP contribution >= 0.6 is 0 Å². The maximum atomic E-state index is 11.9. The predicted molar refractivity (Wildman–Crippen MR) is 116 cm³/mol. The summed E-state index contributed by atoms with van der Waals surface area (Å²) in [5.74, 6) is 1.37. The number of aromatic nitrogens is 3. The highest BCUT2D eigenvalue weighted by atomic mass is 32.2. The Labute approximate surface area is 178 Å². The quantitative estimate of drug-likeness (QED) is 0.719. The molecule has 0 spiro atoms. The fourth-order valence-corrected chi connectivity index (χ4v) is 5.57. The number of ether oxygens (including phenoxy) is 1. The Hall–Kier alpha value is -1.97. The summed E-state index contributed by atoms with van der Waals surface area (Å²) >= 11 is 0. The summed E-state index contributed by atoms with van der Waals surface area (Å²) in [6.45, 7) is 1.20. The number of nitrogens with one attached hydrogen (secondary N) is 1. The molecule has 1 aromatic heterocycles. The van der Waals surface area contributed by atoms with Crippen molar-refractivity contribution in [2.24, 2.45) is 7.05 Å². The van der Waals surface area contributed by atoms with Crippen molar-refractivity contribution in [3.8, 4) is 0 Å². The Morgan fingerprint density at radius 2 is 1.87 bits per heavy atom. The van der Waals surface area contributed by atoms with Crippen LogP contribution in [0.15, 0.2) is 36.5 Å². The van der Waals surface area contributed by atoms with Crippen LogP contribution in [0.1, 0.15) is 43.6 Å². The van der Waals surface area contributed by atoms with Crippen molar-refractivity contribution in [3.05, 3.63) is 42.1 Å². The first kappa shape index (κ1) is 21.3. The lowest BCUT2D eigenvalue weighted by Gasteiger charge is -2.32. The van der Waals surface area contributed by atoms with E-state index < -0.39 is 10.0 Å². The molecular formula is C21H31N5O3S. The number of anilines is 1. The van der Waals surface area contributed by atoms with E-state index in [-0.39, 0.29) is 18.2 Å². The van der Waals surface area contributed by atoms with Crippen LogP contribution in [0.3, 0.4) is 0 Å². The van der Waals surface area contributed by atoms with Crippen molar-refractivity contribution in [2.45, 2.75) is 56.2 Å². The van der Waals surface area contributed by atoms with E-state index >= 15 is 0 Å². The van der Waals surface area contributed by atoms with Crippen LogP contribution in [-0.2, 0) is 21.8 Å². The topological polar surface area (TPSA) is 89.3 Å². The summed E-state index contributed by atoms with van der Waals surface area (Å²) < 4.78 is 34.5. The fraction of sp³-hybridized carbons (Fsp3) is 0.619. The zero-order valence-corrected chi connectivity index (χ0v) is 18.5. The summed E-state index contributed by atoms with van der Waals surface area (Å²) in [7, 11) is -1.47. The van der Waals surface area contributed by atoms with E-state index in [1.54, 1.807) is 4.68 Å². The molecule has 1 aromatic carbocycles. The fourth-order valence-electron chi connectivity index (χ4n) is 4.75. The smallest absolute Gasteiger partial charge is 0.209 e. The van der Waals surface area contributed by atoms with Gasteiger partial charge in [-0.05, 0) is 43.6 Å². The van der Waals surface area contributed by atoms with Gasteiger partial charge in [0, 0.05) is 19.6 Å². The molecular weight excluding hydrogens is 402 g/mol. The predicted octanol–water partition coefficient (Wildman–Crippen LogP) is 2.05. The van der Waals surface area contributed by atoms with Gasteiger partial charge in [0.1, 0.15) is 0 Å². The second-order valence-electron chi connectivity index (χ2n) is 8.51. The lowest BCUT2D eigenvalue weighted by molar-refractivity contribution is 0.0156. The first-order chi connectivity index (χ1) is 14.4. The molecule has 2 aromatic rings. The van der Waals surface area contributed by atoms with Crippen molar-refractivity contribution in [2.75, 3.05) is 24.3 Å². The van der Waals surface area contributed by atoms with E-state index in [1.165, 1.54) is 11.8 Å². The third kappa shape index (κ3) is 5.19. The van der Waals surface area contributed by atoms with E-state index in [0.717, 1.165) is 44.5 Å². The van der Waals surface area contributed by atoms with Crippen molar-refractivity contribution < 1.29 is 13.2 Å². The molecule has 1 aliphatic heterocycles. The Morgan fingerprint density at radius 3 is 2.50 bits per heavy atom. The molecule has 0 bridgehead atoms. The third-order valence-electron chi connectivity index (χ3n) is 6.24. The van der Waals surface area contributed by atoms with Crippen LogP contribution in [0, 0.1) is 0 Å². The molecule has 9 heteroatoms. The molecule has 30 heavy (non-hydrogen) atoms. The van der Waals surface area contributed by atoms with E-state index in [4.69, 9.17) is 4.74 Å². The highest BCUT2D eigenvalue weighted by Gasteiger charge is 2.38. The monoisotopic (exact) mass is 433 g/mol. The normalized spacial score (nSPS) is 27.5. The number of rotatable bonds is 7. The Kier molecular flexibility index (Phi) is 6.40. The van der Waals surface area contributed by atoms with Crippen LogP contribution in [0.5, 0.6) is 0 Å². The molecule has 0 radical (unpaired) electrons. The summed E-state index contributed by atoms with van der Waals surface area (Å²) in [5, 5.41) is 8.25. The standard InChI is InChI=1S/C21H31N5O3S/c1-25-14-21(22-24-25)26-13-12-19(23-30(2,27)28)20(26)15-29-18-10-8-17(9-11-18)16-6-4-3-5-7-16/h3-7,14,17-20,23H,8-13,15H2,1-2H3. The minimum absolute atomic E-state index is 0.0942. The zero-order valence-electron chi connectivity index (χ0n) is 17.6. The molecule has 8 nitrogen and oxygen atoms in total. The van der Waals surface area contributed by atoms with Gasteiger partial charge in [-0.1, -0.05) is 35.5 Å². The number of benzene rings is 1. The van der Waals surface area contributed by atoms with Crippen LogP contribution in [-0.4, -0.2) is 61.0 Å². The van der Waals surface area contributed by atoms with Gasteiger partial charge in [-0.2, -0.15) is 0 Å².